The summed E-state index contributed by atoms with van der Waals surface area (Å²) in [5, 5.41) is 13.0. The summed E-state index contributed by atoms with van der Waals surface area (Å²) in [6, 6.07) is 0.630. The average molecular weight is 284 g/mol. The summed E-state index contributed by atoms with van der Waals surface area (Å²) in [6.07, 6.45) is 6.32. The lowest BCUT2D eigenvalue weighted by Gasteiger charge is -2.34. The molecule has 1 fully saturated rings. The van der Waals surface area contributed by atoms with E-state index in [4.69, 9.17) is 0 Å². The lowest BCUT2D eigenvalue weighted by Crippen LogP contribution is -2.46. The summed E-state index contributed by atoms with van der Waals surface area (Å²) in [5.41, 5.74) is 0.412. The van der Waals surface area contributed by atoms with Crippen molar-refractivity contribution in [2.45, 2.75) is 65.8 Å². The zero-order valence-corrected chi connectivity index (χ0v) is 14.1. The molecule has 0 spiro atoms. The fourth-order valence-corrected chi connectivity index (χ4v) is 3.61. The fraction of sp³-hybridized carbons (Fsp3) is 1.00. The summed E-state index contributed by atoms with van der Waals surface area (Å²) in [4.78, 5) is 2.47. The third-order valence-corrected chi connectivity index (χ3v) is 4.82. The van der Waals surface area contributed by atoms with Crippen LogP contribution in [0.5, 0.6) is 0 Å². The second-order valence-electron chi connectivity index (χ2n) is 7.10. The third kappa shape index (κ3) is 5.34. The van der Waals surface area contributed by atoms with Crippen LogP contribution < -0.4 is 5.32 Å². The SMILES string of the molecule is CCCCN(CCO)CC1CCC(C)(C)C1NCCC. The summed E-state index contributed by atoms with van der Waals surface area (Å²) >= 11 is 0. The molecule has 0 aromatic carbocycles. The van der Waals surface area contributed by atoms with Gasteiger partial charge in [-0.1, -0.05) is 34.1 Å². The molecule has 0 radical (unpaired) electrons. The smallest absolute Gasteiger partial charge is 0.0558 e. The molecular weight excluding hydrogens is 248 g/mol. The standard InChI is InChI=1S/C17H36N2O/c1-5-7-11-19(12-13-20)14-15-8-9-17(3,4)16(15)18-10-6-2/h15-16,18,20H,5-14H2,1-4H3. The largest absolute Gasteiger partial charge is 0.395 e. The Morgan fingerprint density at radius 1 is 1.20 bits per heavy atom. The highest BCUT2D eigenvalue weighted by Crippen LogP contribution is 2.41. The van der Waals surface area contributed by atoms with Crippen molar-refractivity contribution in [3.63, 3.8) is 0 Å². The van der Waals surface area contributed by atoms with Gasteiger partial charge in [0.2, 0.25) is 0 Å². The quantitative estimate of drug-likeness (QED) is 0.647. The zero-order chi connectivity index (χ0) is 15.0. The molecule has 0 aliphatic heterocycles. The van der Waals surface area contributed by atoms with Crippen molar-refractivity contribution < 1.29 is 5.11 Å². The first-order chi connectivity index (χ1) is 9.55. The fourth-order valence-electron chi connectivity index (χ4n) is 3.61. The average Bonchev–Trinajstić information content (AvgIpc) is 2.69. The van der Waals surface area contributed by atoms with E-state index >= 15 is 0 Å². The number of unbranched alkanes of at least 4 members (excludes halogenated alkanes) is 1. The summed E-state index contributed by atoms with van der Waals surface area (Å²) < 4.78 is 0. The molecule has 0 amide bonds. The van der Waals surface area contributed by atoms with E-state index in [1.54, 1.807) is 0 Å². The number of nitrogens with zero attached hydrogens (tertiary/aromatic N) is 1. The van der Waals surface area contributed by atoms with Crippen LogP contribution in [0.3, 0.4) is 0 Å². The maximum Gasteiger partial charge on any atom is 0.0558 e. The summed E-state index contributed by atoms with van der Waals surface area (Å²) in [7, 11) is 0. The Labute approximate surface area is 126 Å². The van der Waals surface area contributed by atoms with Gasteiger partial charge in [0.05, 0.1) is 6.61 Å². The first kappa shape index (κ1) is 17.9. The molecule has 0 saturated heterocycles. The minimum absolute atomic E-state index is 0.285. The van der Waals surface area contributed by atoms with Gasteiger partial charge in [-0.3, -0.25) is 0 Å². The number of aliphatic hydroxyl groups is 1. The summed E-state index contributed by atoms with van der Waals surface area (Å²) in [5.74, 6) is 0.736. The second-order valence-corrected chi connectivity index (χ2v) is 7.10. The highest BCUT2D eigenvalue weighted by Gasteiger charge is 2.41. The first-order valence-corrected chi connectivity index (χ1v) is 8.61. The highest BCUT2D eigenvalue weighted by atomic mass is 16.3. The number of hydrogen-bond donors (Lipinski definition) is 2. The Bertz CT molecular complexity index is 255. The van der Waals surface area contributed by atoms with Crippen molar-refractivity contribution in [1.29, 1.82) is 0 Å². The van der Waals surface area contributed by atoms with Gasteiger partial charge in [-0.25, -0.2) is 0 Å². The molecule has 2 atom stereocenters. The highest BCUT2D eigenvalue weighted by molar-refractivity contribution is 4.97. The molecule has 1 saturated carbocycles. The molecule has 20 heavy (non-hydrogen) atoms. The third-order valence-electron chi connectivity index (χ3n) is 4.82. The Kier molecular flexibility index (Phi) is 8.08. The van der Waals surface area contributed by atoms with Crippen molar-refractivity contribution in [2.75, 3.05) is 32.8 Å². The Morgan fingerprint density at radius 3 is 2.55 bits per heavy atom. The van der Waals surface area contributed by atoms with Gasteiger partial charge in [-0.05, 0) is 50.1 Å². The van der Waals surface area contributed by atoms with Crippen LogP contribution in [-0.4, -0.2) is 48.8 Å². The van der Waals surface area contributed by atoms with E-state index < -0.39 is 0 Å². The van der Waals surface area contributed by atoms with Gasteiger partial charge in [0, 0.05) is 19.1 Å². The van der Waals surface area contributed by atoms with Crippen LogP contribution in [0.4, 0.5) is 0 Å². The van der Waals surface area contributed by atoms with E-state index in [0.717, 1.165) is 32.1 Å². The number of hydrogen-bond acceptors (Lipinski definition) is 3. The molecule has 3 nitrogen and oxygen atoms in total. The topological polar surface area (TPSA) is 35.5 Å². The second kappa shape index (κ2) is 9.01. The van der Waals surface area contributed by atoms with Gasteiger partial charge >= 0.3 is 0 Å². The van der Waals surface area contributed by atoms with Crippen molar-refractivity contribution in [3.8, 4) is 0 Å². The Hall–Kier alpha value is -0.120. The van der Waals surface area contributed by atoms with Gasteiger partial charge in [0.1, 0.15) is 0 Å². The number of aliphatic hydroxyl groups excluding tert-OH is 1. The molecular formula is C17H36N2O. The van der Waals surface area contributed by atoms with E-state index in [1.165, 1.54) is 32.1 Å². The predicted octanol–water partition coefficient (Wildman–Crippen LogP) is 2.89. The summed E-state index contributed by atoms with van der Waals surface area (Å²) in [6.45, 7) is 13.8. The van der Waals surface area contributed by atoms with Crippen LogP contribution in [0.25, 0.3) is 0 Å². The molecule has 1 rings (SSSR count). The maximum atomic E-state index is 9.26. The molecule has 3 heteroatoms. The molecule has 1 aliphatic rings. The minimum Gasteiger partial charge on any atom is -0.395 e. The number of nitrogens with one attached hydrogen (secondary N) is 1. The van der Waals surface area contributed by atoms with Crippen LogP contribution >= 0.6 is 0 Å². The molecule has 0 heterocycles. The Morgan fingerprint density at radius 2 is 1.95 bits per heavy atom. The minimum atomic E-state index is 0.285. The lowest BCUT2D eigenvalue weighted by atomic mass is 9.84. The maximum absolute atomic E-state index is 9.26. The van der Waals surface area contributed by atoms with Crippen LogP contribution in [0.1, 0.15) is 59.8 Å². The van der Waals surface area contributed by atoms with Crippen molar-refractivity contribution in [2.24, 2.45) is 11.3 Å². The lowest BCUT2D eigenvalue weighted by molar-refractivity contribution is 0.152. The van der Waals surface area contributed by atoms with E-state index in [2.05, 4.69) is 37.9 Å². The van der Waals surface area contributed by atoms with Crippen LogP contribution in [0, 0.1) is 11.3 Å². The van der Waals surface area contributed by atoms with Crippen molar-refractivity contribution >= 4 is 0 Å². The van der Waals surface area contributed by atoms with Gasteiger partial charge in [-0.2, -0.15) is 0 Å². The molecule has 0 aromatic heterocycles. The predicted molar refractivity (Wildman–Crippen MR) is 87.0 cm³/mol. The molecule has 120 valence electrons. The molecule has 2 N–H and O–H groups in total. The Balaban J connectivity index is 2.57. The van der Waals surface area contributed by atoms with Crippen molar-refractivity contribution in [1.82, 2.24) is 10.2 Å². The van der Waals surface area contributed by atoms with E-state index in [9.17, 15) is 5.11 Å². The molecule has 0 aromatic rings. The molecule has 2 unspecified atom stereocenters. The van der Waals surface area contributed by atoms with Gasteiger partial charge in [-0.15, -0.1) is 0 Å². The van der Waals surface area contributed by atoms with Crippen LogP contribution in [0.15, 0.2) is 0 Å². The van der Waals surface area contributed by atoms with Crippen LogP contribution in [-0.2, 0) is 0 Å². The van der Waals surface area contributed by atoms with E-state index in [-0.39, 0.29) is 6.61 Å². The normalized spacial score (nSPS) is 25.5. The van der Waals surface area contributed by atoms with Crippen molar-refractivity contribution in [3.05, 3.63) is 0 Å². The van der Waals surface area contributed by atoms with E-state index in [0.29, 0.717) is 11.5 Å². The monoisotopic (exact) mass is 284 g/mol. The van der Waals surface area contributed by atoms with Gasteiger partial charge in [0.15, 0.2) is 0 Å². The van der Waals surface area contributed by atoms with Crippen LogP contribution in [0.2, 0.25) is 0 Å². The zero-order valence-electron chi connectivity index (χ0n) is 14.1. The first-order valence-electron chi connectivity index (χ1n) is 8.61. The van der Waals surface area contributed by atoms with Gasteiger partial charge in [0.25, 0.3) is 0 Å². The van der Waals surface area contributed by atoms with E-state index in [1.807, 2.05) is 0 Å². The molecule has 0 bridgehead atoms. The number of rotatable bonds is 10. The van der Waals surface area contributed by atoms with Gasteiger partial charge < -0.3 is 15.3 Å². The molecule has 1 aliphatic carbocycles.